The molecule has 0 radical (unpaired) electrons. The average molecular weight is 479 g/mol. The van der Waals surface area contributed by atoms with E-state index in [4.69, 9.17) is 0 Å². The number of anilines is 1. The Morgan fingerprint density at radius 3 is 2.17 bits per heavy atom. The van der Waals surface area contributed by atoms with Crippen LogP contribution in [0.25, 0.3) is 0 Å². The van der Waals surface area contributed by atoms with Gasteiger partial charge in [0.1, 0.15) is 0 Å². The summed E-state index contributed by atoms with van der Waals surface area (Å²) in [5.74, 6) is 0.0441. The number of hydrogen-bond donors (Lipinski definition) is 0. The fourth-order valence-electron chi connectivity index (χ4n) is 3.74. The molecule has 5 nitrogen and oxygen atoms in total. The average Bonchev–Trinajstić information content (AvgIpc) is 3.07. The van der Waals surface area contributed by atoms with Crippen LogP contribution in [0, 0.1) is 0 Å². The second-order valence-corrected chi connectivity index (χ2v) is 10.5. The molecular weight excluding hydrogens is 452 g/mol. The van der Waals surface area contributed by atoms with Gasteiger partial charge in [0.25, 0.3) is 5.91 Å². The number of halogens is 1. The molecule has 1 fully saturated rings. The number of carbonyl (C=O) groups excluding carboxylic acids is 1. The van der Waals surface area contributed by atoms with Crippen LogP contribution in [0.15, 0.2) is 53.0 Å². The van der Waals surface area contributed by atoms with Crippen LogP contribution < -0.4 is 4.90 Å². The molecule has 7 heteroatoms. The lowest BCUT2D eigenvalue weighted by Crippen LogP contribution is -2.40. The molecule has 29 heavy (non-hydrogen) atoms. The fraction of sp³-hybridized carbons (Fsp3) is 0.409. The summed E-state index contributed by atoms with van der Waals surface area (Å²) in [6, 6.07) is 15.1. The third-order valence-electron chi connectivity index (χ3n) is 5.42. The van der Waals surface area contributed by atoms with Crippen LogP contribution in [-0.2, 0) is 16.4 Å². The van der Waals surface area contributed by atoms with E-state index in [2.05, 4.69) is 46.8 Å². The van der Waals surface area contributed by atoms with Gasteiger partial charge in [-0.3, -0.25) is 4.79 Å². The highest BCUT2D eigenvalue weighted by atomic mass is 79.9. The Kier molecular flexibility index (Phi) is 7.01. The molecule has 1 aliphatic heterocycles. The quantitative estimate of drug-likeness (QED) is 0.600. The van der Waals surface area contributed by atoms with Gasteiger partial charge in [-0.1, -0.05) is 28.1 Å². The first-order valence-electron chi connectivity index (χ1n) is 9.93. The summed E-state index contributed by atoms with van der Waals surface area (Å²) in [6.07, 6.45) is 0.488. The molecular formula is C22H27BrN2O3S. The maximum absolute atomic E-state index is 13.2. The van der Waals surface area contributed by atoms with Crippen LogP contribution in [0.2, 0.25) is 0 Å². The molecule has 0 aromatic heterocycles. The molecule has 0 N–H and O–H groups in total. The zero-order chi connectivity index (χ0) is 21.0. The zero-order valence-corrected chi connectivity index (χ0v) is 19.2. The molecule has 2 aromatic carbocycles. The van der Waals surface area contributed by atoms with E-state index < -0.39 is 9.84 Å². The number of carbonyl (C=O) groups is 1. The Balaban J connectivity index is 1.85. The van der Waals surface area contributed by atoms with Gasteiger partial charge in [-0.05, 0) is 62.2 Å². The van der Waals surface area contributed by atoms with Gasteiger partial charge in [0.2, 0.25) is 0 Å². The monoisotopic (exact) mass is 478 g/mol. The van der Waals surface area contributed by atoms with Crippen LogP contribution in [0.1, 0.15) is 36.2 Å². The van der Waals surface area contributed by atoms with Crippen molar-refractivity contribution in [3.05, 3.63) is 64.1 Å². The molecule has 1 amide bonds. The van der Waals surface area contributed by atoms with Crippen molar-refractivity contribution in [2.45, 2.75) is 32.9 Å². The van der Waals surface area contributed by atoms with Gasteiger partial charge in [0.05, 0.1) is 11.5 Å². The van der Waals surface area contributed by atoms with Crippen molar-refractivity contribution in [3.8, 4) is 0 Å². The fourth-order valence-corrected chi connectivity index (χ4v) is 5.74. The van der Waals surface area contributed by atoms with Crippen molar-refractivity contribution in [2.75, 3.05) is 29.5 Å². The number of benzene rings is 2. The van der Waals surface area contributed by atoms with Gasteiger partial charge in [-0.2, -0.15) is 0 Å². The highest BCUT2D eigenvalue weighted by Crippen LogP contribution is 2.24. The Morgan fingerprint density at radius 1 is 1.03 bits per heavy atom. The van der Waals surface area contributed by atoms with Crippen molar-refractivity contribution in [1.82, 2.24) is 4.90 Å². The Bertz CT molecular complexity index is 939. The van der Waals surface area contributed by atoms with Gasteiger partial charge < -0.3 is 9.80 Å². The Hall–Kier alpha value is -1.86. The normalized spacial score (nSPS) is 17.8. The van der Waals surface area contributed by atoms with E-state index in [0.717, 1.165) is 28.8 Å². The lowest BCUT2D eigenvalue weighted by molar-refractivity contribution is 0.0681. The first kappa shape index (κ1) is 21.8. The lowest BCUT2D eigenvalue weighted by Gasteiger charge is -2.29. The summed E-state index contributed by atoms with van der Waals surface area (Å²) in [5.41, 5.74) is 2.71. The molecule has 0 aliphatic carbocycles. The number of amides is 1. The van der Waals surface area contributed by atoms with Gasteiger partial charge >= 0.3 is 0 Å². The summed E-state index contributed by atoms with van der Waals surface area (Å²) in [7, 11) is -3.09. The van der Waals surface area contributed by atoms with Gasteiger partial charge in [0.15, 0.2) is 9.84 Å². The van der Waals surface area contributed by atoms with Gasteiger partial charge in [-0.15, -0.1) is 0 Å². The molecule has 2 aromatic rings. The van der Waals surface area contributed by atoms with Crippen molar-refractivity contribution in [1.29, 1.82) is 0 Å². The molecule has 0 bridgehead atoms. The molecule has 1 saturated heterocycles. The lowest BCUT2D eigenvalue weighted by atomic mass is 10.1. The second kappa shape index (κ2) is 9.30. The molecule has 0 saturated carbocycles. The smallest absolute Gasteiger partial charge is 0.254 e. The predicted molar refractivity (Wildman–Crippen MR) is 121 cm³/mol. The third-order valence-corrected chi connectivity index (χ3v) is 7.70. The molecule has 0 unspecified atom stereocenters. The van der Waals surface area contributed by atoms with Crippen LogP contribution in [-0.4, -0.2) is 49.9 Å². The number of hydrogen-bond acceptors (Lipinski definition) is 4. The van der Waals surface area contributed by atoms with E-state index >= 15 is 0 Å². The molecule has 1 atom stereocenters. The van der Waals surface area contributed by atoms with E-state index in [1.165, 1.54) is 0 Å². The first-order chi connectivity index (χ1) is 13.8. The van der Waals surface area contributed by atoms with Crippen LogP contribution in [0.4, 0.5) is 5.69 Å². The first-order valence-corrected chi connectivity index (χ1v) is 12.5. The van der Waals surface area contributed by atoms with E-state index in [1.54, 1.807) is 17.0 Å². The zero-order valence-electron chi connectivity index (χ0n) is 16.8. The molecule has 1 aliphatic rings. The van der Waals surface area contributed by atoms with E-state index in [-0.39, 0.29) is 23.5 Å². The van der Waals surface area contributed by atoms with E-state index in [1.807, 2.05) is 24.3 Å². The maximum Gasteiger partial charge on any atom is 0.254 e. The van der Waals surface area contributed by atoms with Crippen LogP contribution >= 0.6 is 15.9 Å². The summed E-state index contributed by atoms with van der Waals surface area (Å²) in [4.78, 5) is 17.2. The van der Waals surface area contributed by atoms with Gasteiger partial charge in [0, 0.05) is 41.4 Å². The van der Waals surface area contributed by atoms with Crippen LogP contribution in [0.5, 0.6) is 0 Å². The molecule has 156 valence electrons. The molecule has 3 rings (SSSR count). The standard InChI is InChI=1S/C22H27BrN2O3S/c1-3-24(4-2)20-11-5-17(6-12-20)15-25(21-13-14-29(27,28)16-21)22(26)18-7-9-19(23)10-8-18/h5-12,21H,3-4,13-16H2,1-2H3/t21-/m1/s1. The van der Waals surface area contributed by atoms with Crippen molar-refractivity contribution in [2.24, 2.45) is 0 Å². The minimum atomic E-state index is -3.09. The minimum absolute atomic E-state index is 0.0345. The Morgan fingerprint density at radius 2 is 1.66 bits per heavy atom. The van der Waals surface area contributed by atoms with Gasteiger partial charge in [-0.25, -0.2) is 8.42 Å². The number of rotatable bonds is 7. The highest BCUT2D eigenvalue weighted by molar-refractivity contribution is 9.10. The van der Waals surface area contributed by atoms with Crippen molar-refractivity contribution >= 4 is 37.4 Å². The topological polar surface area (TPSA) is 57.7 Å². The summed E-state index contributed by atoms with van der Waals surface area (Å²) < 4.78 is 25.0. The minimum Gasteiger partial charge on any atom is -0.372 e. The van der Waals surface area contributed by atoms with E-state index in [0.29, 0.717) is 18.5 Å². The maximum atomic E-state index is 13.2. The van der Waals surface area contributed by atoms with Crippen LogP contribution in [0.3, 0.4) is 0 Å². The van der Waals surface area contributed by atoms with Crippen molar-refractivity contribution in [3.63, 3.8) is 0 Å². The third kappa shape index (κ3) is 5.39. The SMILES string of the molecule is CCN(CC)c1ccc(CN(C(=O)c2ccc(Br)cc2)[C@@H]2CCS(=O)(=O)C2)cc1. The Labute approximate surface area is 181 Å². The second-order valence-electron chi connectivity index (χ2n) is 7.34. The largest absolute Gasteiger partial charge is 0.372 e. The highest BCUT2D eigenvalue weighted by Gasteiger charge is 2.35. The summed E-state index contributed by atoms with van der Waals surface area (Å²) in [6.45, 7) is 6.51. The number of nitrogens with zero attached hydrogens (tertiary/aromatic N) is 2. The van der Waals surface area contributed by atoms with E-state index in [9.17, 15) is 13.2 Å². The molecule has 0 spiro atoms. The summed E-state index contributed by atoms with van der Waals surface area (Å²) >= 11 is 3.39. The summed E-state index contributed by atoms with van der Waals surface area (Å²) in [5, 5.41) is 0. The van der Waals surface area contributed by atoms with Crippen molar-refractivity contribution < 1.29 is 13.2 Å². The predicted octanol–water partition coefficient (Wildman–Crippen LogP) is 4.12. The number of sulfone groups is 1. The molecule has 1 heterocycles.